The molecule has 0 radical (unpaired) electrons. The topological polar surface area (TPSA) is 72.9 Å². The lowest BCUT2D eigenvalue weighted by Crippen LogP contribution is -2.40. The van der Waals surface area contributed by atoms with Crippen LogP contribution in [0.25, 0.3) is 0 Å². The maximum Gasteiger partial charge on any atom is 0.313 e. The first kappa shape index (κ1) is 18.9. The van der Waals surface area contributed by atoms with E-state index in [4.69, 9.17) is 9.47 Å². The first-order valence-electron chi connectivity index (χ1n) is 7.97. The van der Waals surface area contributed by atoms with Gasteiger partial charge in [0.25, 0.3) is 0 Å². The van der Waals surface area contributed by atoms with Gasteiger partial charge in [-0.1, -0.05) is 17.7 Å². The molecular weight excluding hydrogens is 330 g/mol. The summed E-state index contributed by atoms with van der Waals surface area (Å²) in [6.45, 7) is 7.93. The summed E-state index contributed by atoms with van der Waals surface area (Å²) < 4.78 is 37.7. The van der Waals surface area contributed by atoms with Gasteiger partial charge in [-0.05, 0) is 39.8 Å². The summed E-state index contributed by atoms with van der Waals surface area (Å²) in [6.07, 6.45) is 0. The number of carbonyl (C=O) groups is 1. The molecule has 0 spiro atoms. The van der Waals surface area contributed by atoms with Gasteiger partial charge in [0.05, 0.1) is 24.0 Å². The van der Waals surface area contributed by atoms with Crippen molar-refractivity contribution in [1.29, 1.82) is 0 Å². The Balaban J connectivity index is 2.20. The van der Waals surface area contributed by atoms with Crippen LogP contribution in [0.2, 0.25) is 0 Å². The first-order valence-corrected chi connectivity index (χ1v) is 9.41. The molecule has 6 nitrogen and oxygen atoms in total. The average molecular weight is 355 g/mol. The van der Waals surface area contributed by atoms with E-state index >= 15 is 0 Å². The lowest BCUT2D eigenvalue weighted by molar-refractivity contribution is -0.161. The standard InChI is InChI=1S/C17H25NO5S/c1-13-5-7-15(8-6-13)24(20,21)18-9-10-22-12-14(11-18)16(19)23-17(2,3)4/h5-8,14H,9-12H2,1-4H3. The molecule has 7 heteroatoms. The van der Waals surface area contributed by atoms with Gasteiger partial charge in [0.1, 0.15) is 5.60 Å². The second-order valence-corrected chi connectivity index (χ2v) is 8.92. The van der Waals surface area contributed by atoms with E-state index < -0.39 is 27.5 Å². The molecule has 1 saturated heterocycles. The summed E-state index contributed by atoms with van der Waals surface area (Å²) >= 11 is 0. The summed E-state index contributed by atoms with van der Waals surface area (Å²) in [5.74, 6) is -1.07. The molecule has 0 saturated carbocycles. The Morgan fingerprint density at radius 2 is 1.88 bits per heavy atom. The van der Waals surface area contributed by atoms with Gasteiger partial charge in [-0.15, -0.1) is 0 Å². The molecule has 24 heavy (non-hydrogen) atoms. The summed E-state index contributed by atoms with van der Waals surface area (Å²) in [5.41, 5.74) is 0.365. The van der Waals surface area contributed by atoms with Crippen LogP contribution in [0.5, 0.6) is 0 Å². The van der Waals surface area contributed by atoms with E-state index in [-0.39, 0.29) is 31.2 Å². The monoisotopic (exact) mass is 355 g/mol. The van der Waals surface area contributed by atoms with E-state index in [9.17, 15) is 13.2 Å². The first-order chi connectivity index (χ1) is 11.1. The number of hydrogen-bond acceptors (Lipinski definition) is 5. The Morgan fingerprint density at radius 1 is 1.25 bits per heavy atom. The number of benzene rings is 1. The van der Waals surface area contributed by atoms with Crippen LogP contribution in [0.3, 0.4) is 0 Å². The van der Waals surface area contributed by atoms with Crippen molar-refractivity contribution in [3.8, 4) is 0 Å². The maximum absolute atomic E-state index is 12.8. The summed E-state index contributed by atoms with van der Waals surface area (Å²) in [4.78, 5) is 12.5. The summed E-state index contributed by atoms with van der Waals surface area (Å²) in [7, 11) is -3.67. The Hall–Kier alpha value is -1.44. The quantitative estimate of drug-likeness (QED) is 0.775. The minimum Gasteiger partial charge on any atom is -0.460 e. The highest BCUT2D eigenvalue weighted by molar-refractivity contribution is 7.89. The molecule has 1 heterocycles. The molecule has 134 valence electrons. The van der Waals surface area contributed by atoms with E-state index in [2.05, 4.69) is 0 Å². The Morgan fingerprint density at radius 3 is 2.46 bits per heavy atom. The zero-order valence-electron chi connectivity index (χ0n) is 14.6. The molecule has 2 rings (SSSR count). The van der Waals surface area contributed by atoms with Crippen molar-refractivity contribution < 1.29 is 22.7 Å². The Kier molecular flexibility index (Phi) is 5.67. The summed E-state index contributed by atoms with van der Waals surface area (Å²) in [6, 6.07) is 6.68. The van der Waals surface area contributed by atoms with Crippen LogP contribution >= 0.6 is 0 Å². The van der Waals surface area contributed by atoms with Gasteiger partial charge >= 0.3 is 5.97 Å². The number of nitrogens with zero attached hydrogens (tertiary/aromatic N) is 1. The smallest absolute Gasteiger partial charge is 0.313 e. The number of carbonyl (C=O) groups excluding carboxylic acids is 1. The lowest BCUT2D eigenvalue weighted by atomic mass is 10.1. The molecule has 1 aliphatic rings. The minimum atomic E-state index is -3.67. The second kappa shape index (κ2) is 7.21. The lowest BCUT2D eigenvalue weighted by Gasteiger charge is -2.25. The number of sulfonamides is 1. The maximum atomic E-state index is 12.8. The van der Waals surface area contributed by atoms with E-state index in [1.165, 1.54) is 4.31 Å². The highest BCUT2D eigenvalue weighted by Gasteiger charge is 2.34. The molecule has 0 N–H and O–H groups in total. The van der Waals surface area contributed by atoms with Crippen LogP contribution in [0.15, 0.2) is 29.2 Å². The van der Waals surface area contributed by atoms with Crippen molar-refractivity contribution in [2.24, 2.45) is 5.92 Å². The number of hydrogen-bond donors (Lipinski definition) is 0. The van der Waals surface area contributed by atoms with Crippen LogP contribution in [0.4, 0.5) is 0 Å². The number of aryl methyl sites for hydroxylation is 1. The van der Waals surface area contributed by atoms with Gasteiger partial charge in [0.2, 0.25) is 10.0 Å². The normalized spacial score (nSPS) is 20.4. The fraction of sp³-hybridized carbons (Fsp3) is 0.588. The molecule has 1 aromatic rings. The Bertz CT molecular complexity index is 676. The van der Waals surface area contributed by atoms with E-state index in [0.29, 0.717) is 0 Å². The molecular formula is C17H25NO5S. The fourth-order valence-corrected chi connectivity index (χ4v) is 3.86. The van der Waals surface area contributed by atoms with Gasteiger partial charge in [-0.25, -0.2) is 8.42 Å². The van der Waals surface area contributed by atoms with Crippen molar-refractivity contribution >= 4 is 16.0 Å². The average Bonchev–Trinajstić information content (AvgIpc) is 2.72. The molecule has 1 aliphatic heterocycles. The third-order valence-corrected chi connectivity index (χ3v) is 5.51. The molecule has 0 aromatic heterocycles. The number of esters is 1. The van der Waals surface area contributed by atoms with Crippen LogP contribution in [0, 0.1) is 12.8 Å². The molecule has 0 bridgehead atoms. The predicted octanol–water partition coefficient (Wildman–Crippen LogP) is 1.97. The van der Waals surface area contributed by atoms with Crippen molar-refractivity contribution in [3.63, 3.8) is 0 Å². The largest absolute Gasteiger partial charge is 0.460 e. The summed E-state index contributed by atoms with van der Waals surface area (Å²) in [5, 5.41) is 0. The van der Waals surface area contributed by atoms with Crippen molar-refractivity contribution in [2.45, 2.75) is 38.2 Å². The van der Waals surface area contributed by atoms with Crippen LogP contribution in [0.1, 0.15) is 26.3 Å². The van der Waals surface area contributed by atoms with Gasteiger partial charge in [0.15, 0.2) is 0 Å². The molecule has 0 amide bonds. The Labute approximate surface area is 143 Å². The molecule has 1 aromatic carbocycles. The van der Waals surface area contributed by atoms with Crippen molar-refractivity contribution in [1.82, 2.24) is 4.31 Å². The van der Waals surface area contributed by atoms with Gasteiger partial charge < -0.3 is 9.47 Å². The van der Waals surface area contributed by atoms with Gasteiger partial charge in [0, 0.05) is 13.1 Å². The molecule has 1 unspecified atom stereocenters. The van der Waals surface area contributed by atoms with Crippen LogP contribution in [-0.2, 0) is 24.3 Å². The zero-order valence-corrected chi connectivity index (χ0v) is 15.4. The van der Waals surface area contributed by atoms with Crippen molar-refractivity contribution in [2.75, 3.05) is 26.3 Å². The highest BCUT2D eigenvalue weighted by Crippen LogP contribution is 2.21. The zero-order chi connectivity index (χ0) is 18.0. The van der Waals surface area contributed by atoms with E-state index in [0.717, 1.165) is 5.56 Å². The second-order valence-electron chi connectivity index (χ2n) is 6.98. The third-order valence-electron chi connectivity index (χ3n) is 3.63. The SMILES string of the molecule is Cc1ccc(S(=O)(=O)N2CCOCC(C(=O)OC(C)(C)C)C2)cc1. The van der Waals surface area contributed by atoms with Crippen LogP contribution < -0.4 is 0 Å². The molecule has 0 aliphatic carbocycles. The highest BCUT2D eigenvalue weighted by atomic mass is 32.2. The minimum absolute atomic E-state index is 0.0606. The molecule has 1 atom stereocenters. The third kappa shape index (κ3) is 4.78. The van der Waals surface area contributed by atoms with Gasteiger partial charge in [-0.2, -0.15) is 4.31 Å². The van der Waals surface area contributed by atoms with Gasteiger partial charge in [-0.3, -0.25) is 4.79 Å². The number of rotatable bonds is 3. The van der Waals surface area contributed by atoms with Crippen molar-refractivity contribution in [3.05, 3.63) is 29.8 Å². The van der Waals surface area contributed by atoms with E-state index in [1.54, 1.807) is 45.0 Å². The van der Waals surface area contributed by atoms with E-state index in [1.807, 2.05) is 6.92 Å². The van der Waals surface area contributed by atoms with Crippen LogP contribution in [-0.4, -0.2) is 50.6 Å². The fourth-order valence-electron chi connectivity index (χ4n) is 2.39. The molecule has 1 fully saturated rings. The predicted molar refractivity (Wildman–Crippen MR) is 90.1 cm³/mol. The number of ether oxygens (including phenoxy) is 2.